The molecule has 0 aromatic heterocycles. The fourth-order valence-corrected chi connectivity index (χ4v) is 1.97. The summed E-state index contributed by atoms with van der Waals surface area (Å²) in [6.45, 7) is 0. The molecule has 0 bridgehead atoms. The molecule has 0 atom stereocenters. The van der Waals surface area contributed by atoms with Crippen LogP contribution in [0.3, 0.4) is 0 Å². The van der Waals surface area contributed by atoms with Crippen molar-refractivity contribution in [2.75, 3.05) is 0 Å². The van der Waals surface area contributed by atoms with Gasteiger partial charge in [-0.05, 0) is 24.3 Å². The molecule has 0 spiro atoms. The van der Waals surface area contributed by atoms with E-state index in [1.54, 1.807) is 18.2 Å². The molecule has 0 fully saturated rings. The largest absolute Gasteiger partial charge is 0.504 e. The summed E-state index contributed by atoms with van der Waals surface area (Å²) in [5, 5.41) is 10.6. The Morgan fingerprint density at radius 3 is 2.22 bits per heavy atom. The fraction of sp³-hybridized carbons (Fsp3) is 0. The number of rotatable bonds is 2. The van der Waals surface area contributed by atoms with Crippen LogP contribution in [-0.4, -0.2) is 5.11 Å². The van der Waals surface area contributed by atoms with E-state index in [0.29, 0.717) is 5.02 Å². The zero-order valence-corrected chi connectivity index (χ0v) is 11.8. The molecule has 2 aromatic rings. The van der Waals surface area contributed by atoms with Crippen molar-refractivity contribution in [2.45, 2.75) is 0 Å². The Morgan fingerprint density at radius 2 is 1.50 bits per heavy atom. The van der Waals surface area contributed by atoms with Crippen molar-refractivity contribution in [1.82, 2.24) is 0 Å². The second-order valence-electron chi connectivity index (χ2n) is 3.36. The first kappa shape index (κ1) is 13.6. The number of benzene rings is 2. The third-order valence-electron chi connectivity index (χ3n) is 2.16. The predicted molar refractivity (Wildman–Crippen MR) is 74.7 cm³/mol. The SMILES string of the molecule is Oc1ccc(Cl)c(Cl)c1Oc1cccc(Cl)c1Cl. The molecule has 0 saturated carbocycles. The molecular formula is C12H6Cl4O2. The van der Waals surface area contributed by atoms with Crippen LogP contribution in [0.5, 0.6) is 17.2 Å². The molecule has 0 aliphatic rings. The molecular weight excluding hydrogens is 318 g/mol. The summed E-state index contributed by atoms with van der Waals surface area (Å²) in [4.78, 5) is 0. The van der Waals surface area contributed by atoms with Gasteiger partial charge in [-0.15, -0.1) is 0 Å². The third kappa shape index (κ3) is 2.62. The van der Waals surface area contributed by atoms with Crippen LogP contribution in [0.15, 0.2) is 30.3 Å². The monoisotopic (exact) mass is 322 g/mol. The van der Waals surface area contributed by atoms with E-state index in [2.05, 4.69) is 0 Å². The molecule has 0 saturated heterocycles. The minimum absolute atomic E-state index is 0.0355. The Labute approximate surface area is 124 Å². The lowest BCUT2D eigenvalue weighted by Crippen LogP contribution is -1.88. The molecule has 0 radical (unpaired) electrons. The van der Waals surface area contributed by atoms with Crippen molar-refractivity contribution >= 4 is 46.4 Å². The Bertz CT molecular complexity index is 599. The highest BCUT2D eigenvalue weighted by Crippen LogP contribution is 2.44. The molecule has 94 valence electrons. The summed E-state index contributed by atoms with van der Waals surface area (Å²) < 4.78 is 5.45. The lowest BCUT2D eigenvalue weighted by atomic mass is 10.3. The molecule has 2 nitrogen and oxygen atoms in total. The van der Waals surface area contributed by atoms with E-state index in [0.717, 1.165) is 0 Å². The summed E-state index contributed by atoms with van der Waals surface area (Å²) in [5.41, 5.74) is 0. The van der Waals surface area contributed by atoms with E-state index in [1.807, 2.05) is 0 Å². The molecule has 2 rings (SSSR count). The summed E-state index contributed by atoms with van der Waals surface area (Å²) in [6.07, 6.45) is 0. The predicted octanol–water partition coefficient (Wildman–Crippen LogP) is 5.80. The second kappa shape index (κ2) is 5.45. The van der Waals surface area contributed by atoms with Gasteiger partial charge >= 0.3 is 0 Å². The van der Waals surface area contributed by atoms with Crippen LogP contribution in [0.2, 0.25) is 20.1 Å². The van der Waals surface area contributed by atoms with Gasteiger partial charge in [-0.1, -0.05) is 52.5 Å². The lowest BCUT2D eigenvalue weighted by Gasteiger charge is -2.12. The maximum atomic E-state index is 9.69. The molecule has 18 heavy (non-hydrogen) atoms. The molecule has 0 heterocycles. The van der Waals surface area contributed by atoms with Crippen LogP contribution < -0.4 is 4.74 Å². The van der Waals surface area contributed by atoms with E-state index in [1.165, 1.54) is 12.1 Å². The standard InChI is InChI=1S/C12H6Cl4O2/c13-6-2-1-3-9(10(6)15)18-12-8(17)5-4-7(14)11(12)16/h1-5,17H. The first-order valence-electron chi connectivity index (χ1n) is 4.79. The van der Waals surface area contributed by atoms with E-state index in [-0.39, 0.29) is 32.3 Å². The first-order valence-corrected chi connectivity index (χ1v) is 6.30. The van der Waals surface area contributed by atoms with Gasteiger partial charge in [-0.25, -0.2) is 0 Å². The highest BCUT2D eigenvalue weighted by Gasteiger charge is 2.15. The van der Waals surface area contributed by atoms with Crippen molar-refractivity contribution in [3.8, 4) is 17.2 Å². The number of hydrogen-bond donors (Lipinski definition) is 1. The lowest BCUT2D eigenvalue weighted by molar-refractivity contribution is 0.411. The molecule has 0 aliphatic heterocycles. The van der Waals surface area contributed by atoms with Crippen LogP contribution in [0.1, 0.15) is 0 Å². The van der Waals surface area contributed by atoms with Crippen LogP contribution in [0, 0.1) is 0 Å². The normalized spacial score (nSPS) is 10.4. The van der Waals surface area contributed by atoms with Gasteiger partial charge < -0.3 is 9.84 Å². The number of hydrogen-bond acceptors (Lipinski definition) is 2. The van der Waals surface area contributed by atoms with Gasteiger partial charge in [0.25, 0.3) is 0 Å². The molecule has 0 aliphatic carbocycles. The molecule has 6 heteroatoms. The third-order valence-corrected chi connectivity index (χ3v) is 3.75. The number of aromatic hydroxyl groups is 1. The highest BCUT2D eigenvalue weighted by atomic mass is 35.5. The highest BCUT2D eigenvalue weighted by molar-refractivity contribution is 6.43. The smallest absolute Gasteiger partial charge is 0.189 e. The summed E-state index contributed by atoms with van der Waals surface area (Å²) in [5.74, 6) is 0.178. The minimum atomic E-state index is -0.138. The van der Waals surface area contributed by atoms with E-state index >= 15 is 0 Å². The number of halogens is 4. The minimum Gasteiger partial charge on any atom is -0.504 e. The van der Waals surface area contributed by atoms with Crippen LogP contribution >= 0.6 is 46.4 Å². The van der Waals surface area contributed by atoms with Crippen LogP contribution in [-0.2, 0) is 0 Å². The van der Waals surface area contributed by atoms with Gasteiger partial charge in [-0.3, -0.25) is 0 Å². The van der Waals surface area contributed by atoms with Crippen LogP contribution in [0.25, 0.3) is 0 Å². The summed E-state index contributed by atoms with van der Waals surface area (Å²) in [7, 11) is 0. The Kier molecular flexibility index (Phi) is 4.13. The van der Waals surface area contributed by atoms with Gasteiger partial charge in [-0.2, -0.15) is 0 Å². The van der Waals surface area contributed by atoms with Crippen molar-refractivity contribution in [3.63, 3.8) is 0 Å². The van der Waals surface area contributed by atoms with Crippen molar-refractivity contribution in [1.29, 1.82) is 0 Å². The van der Waals surface area contributed by atoms with E-state index in [4.69, 9.17) is 51.1 Å². The topological polar surface area (TPSA) is 29.5 Å². The van der Waals surface area contributed by atoms with Gasteiger partial charge in [0.1, 0.15) is 15.8 Å². The number of phenolic OH excluding ortho intramolecular Hbond substituents is 1. The van der Waals surface area contributed by atoms with E-state index in [9.17, 15) is 5.11 Å². The maximum absolute atomic E-state index is 9.69. The van der Waals surface area contributed by atoms with Gasteiger partial charge in [0, 0.05) is 0 Å². The van der Waals surface area contributed by atoms with Crippen molar-refractivity contribution in [3.05, 3.63) is 50.4 Å². The quantitative estimate of drug-likeness (QED) is 0.757. The molecule has 0 amide bonds. The Morgan fingerprint density at radius 1 is 0.833 bits per heavy atom. The Hall–Kier alpha value is -0.800. The molecule has 1 N–H and O–H groups in total. The van der Waals surface area contributed by atoms with Gasteiger partial charge in [0.2, 0.25) is 0 Å². The van der Waals surface area contributed by atoms with Crippen molar-refractivity contribution < 1.29 is 9.84 Å². The molecule has 2 aromatic carbocycles. The average molecular weight is 324 g/mol. The summed E-state index contributed by atoms with van der Waals surface area (Å²) >= 11 is 23.6. The average Bonchev–Trinajstić information content (AvgIpc) is 2.35. The zero-order chi connectivity index (χ0) is 13.3. The second-order valence-corrected chi connectivity index (χ2v) is 4.93. The molecule has 0 unspecified atom stereocenters. The van der Waals surface area contributed by atoms with Gasteiger partial charge in [0.15, 0.2) is 11.5 Å². The van der Waals surface area contributed by atoms with Crippen molar-refractivity contribution in [2.24, 2.45) is 0 Å². The number of ether oxygens (including phenoxy) is 1. The maximum Gasteiger partial charge on any atom is 0.189 e. The fourth-order valence-electron chi connectivity index (χ4n) is 1.29. The summed E-state index contributed by atoms with van der Waals surface area (Å²) in [6, 6.07) is 7.73. The number of phenols is 1. The Balaban J connectivity index is 2.46. The first-order chi connectivity index (χ1) is 8.50. The van der Waals surface area contributed by atoms with E-state index < -0.39 is 0 Å². The van der Waals surface area contributed by atoms with Gasteiger partial charge in [0.05, 0.1) is 10.0 Å². The zero-order valence-electron chi connectivity index (χ0n) is 8.75. The van der Waals surface area contributed by atoms with Crippen LogP contribution in [0.4, 0.5) is 0 Å².